The lowest BCUT2D eigenvalue weighted by Crippen LogP contribution is -2.30. The van der Waals surface area contributed by atoms with E-state index in [4.69, 9.17) is 0 Å². The van der Waals surface area contributed by atoms with Crippen molar-refractivity contribution in [2.24, 2.45) is 0 Å². The molecule has 0 saturated carbocycles. The molecule has 5 rings (SSSR count). The second-order valence-electron chi connectivity index (χ2n) is 6.30. The summed E-state index contributed by atoms with van der Waals surface area (Å²) in [5.41, 5.74) is 2.30. The first-order chi connectivity index (χ1) is 14.8. The molecule has 0 radical (unpaired) electrons. The molecule has 0 amide bonds. The number of aromatic amines is 1. The Kier molecular flexibility index (Phi) is 5.44. The Morgan fingerprint density at radius 2 is 2.03 bits per heavy atom. The minimum absolute atomic E-state index is 0.123. The van der Waals surface area contributed by atoms with Gasteiger partial charge in [-0.15, -0.1) is 5.10 Å². The number of ether oxygens (including phenoxy) is 1. The molecule has 14 heteroatoms. The van der Waals surface area contributed by atoms with E-state index in [1.54, 1.807) is 29.6 Å². The molecule has 5 heterocycles. The summed E-state index contributed by atoms with van der Waals surface area (Å²) in [4.78, 5) is 8.62. The van der Waals surface area contributed by atoms with E-state index < -0.39 is 18.7 Å². The smallest absolute Gasteiger partial charge is 0.433 e. The van der Waals surface area contributed by atoms with Gasteiger partial charge in [0, 0.05) is 19.2 Å². The number of aromatic nitrogens is 6. The number of fused-ring (bicyclic) bond motifs is 2. The Labute approximate surface area is 170 Å². The van der Waals surface area contributed by atoms with E-state index in [1.165, 1.54) is 16.8 Å². The number of alkyl halides is 5. The monoisotopic (exact) mass is 443 g/mol. The van der Waals surface area contributed by atoms with E-state index in [9.17, 15) is 22.0 Å². The number of pyridine rings is 1. The SMILES string of the molecule is FC(F)(F)c1nnc(N2CCc3nc[nH]c3C2)o1.FC(F)Oc1cccn2nccc12. The molecule has 1 aliphatic heterocycles. The Bertz CT molecular complexity index is 1150. The molecule has 1 N–H and O–H groups in total. The third-order valence-electron chi connectivity index (χ3n) is 4.32. The minimum Gasteiger partial charge on any atom is -0.433 e. The Balaban J connectivity index is 0.000000158. The van der Waals surface area contributed by atoms with E-state index in [1.807, 2.05) is 0 Å². The highest BCUT2D eigenvalue weighted by Crippen LogP contribution is 2.30. The normalized spacial score (nSPS) is 13.8. The molecular formula is C17H14F5N7O2. The minimum atomic E-state index is -4.61. The third kappa shape index (κ3) is 4.57. The molecule has 4 aromatic rings. The quantitative estimate of drug-likeness (QED) is 0.485. The number of nitrogens with one attached hydrogen (secondary N) is 1. The second-order valence-corrected chi connectivity index (χ2v) is 6.30. The van der Waals surface area contributed by atoms with Crippen molar-refractivity contribution in [3.05, 3.63) is 54.2 Å². The van der Waals surface area contributed by atoms with Gasteiger partial charge in [0.2, 0.25) is 0 Å². The maximum atomic E-state index is 12.3. The van der Waals surface area contributed by atoms with Gasteiger partial charge < -0.3 is 19.0 Å². The zero-order chi connectivity index (χ0) is 22.0. The third-order valence-corrected chi connectivity index (χ3v) is 4.32. The maximum absolute atomic E-state index is 12.3. The van der Waals surface area contributed by atoms with Crippen LogP contribution in [0.15, 0.2) is 41.3 Å². The van der Waals surface area contributed by atoms with Gasteiger partial charge in [0.05, 0.1) is 30.5 Å². The summed E-state index contributed by atoms with van der Waals surface area (Å²) in [5.74, 6) is -1.19. The fourth-order valence-electron chi connectivity index (χ4n) is 2.95. The van der Waals surface area contributed by atoms with Crippen LogP contribution < -0.4 is 9.64 Å². The largest absolute Gasteiger partial charge is 0.470 e. The highest BCUT2D eigenvalue weighted by Gasteiger charge is 2.39. The Morgan fingerprint density at radius 3 is 2.77 bits per heavy atom. The number of rotatable bonds is 3. The van der Waals surface area contributed by atoms with Crippen LogP contribution in [0.5, 0.6) is 5.75 Å². The molecule has 0 aliphatic carbocycles. The van der Waals surface area contributed by atoms with E-state index in [-0.39, 0.29) is 11.8 Å². The molecule has 4 aromatic heterocycles. The number of halogens is 5. The Morgan fingerprint density at radius 1 is 1.19 bits per heavy atom. The van der Waals surface area contributed by atoms with E-state index >= 15 is 0 Å². The summed E-state index contributed by atoms with van der Waals surface area (Å²) in [5, 5.41) is 10.3. The molecular weight excluding hydrogens is 429 g/mol. The average molecular weight is 443 g/mol. The summed E-state index contributed by atoms with van der Waals surface area (Å²) in [6.07, 6.45) is 0.757. The topological polar surface area (TPSA) is 97.4 Å². The van der Waals surface area contributed by atoms with Crippen LogP contribution in [0.1, 0.15) is 17.3 Å². The predicted molar refractivity (Wildman–Crippen MR) is 94.5 cm³/mol. The maximum Gasteiger partial charge on any atom is 0.470 e. The lowest BCUT2D eigenvalue weighted by Gasteiger charge is -2.23. The lowest BCUT2D eigenvalue weighted by atomic mass is 10.1. The van der Waals surface area contributed by atoms with E-state index in [0.717, 1.165) is 11.4 Å². The standard InChI is InChI=1S/C9H8F3N5O.C8H6F2N2O/c10-9(11,12)7-15-16-8(18-7)17-2-1-5-6(3-17)14-4-13-5;9-8(10)13-7-2-1-5-12-6(7)3-4-11-12/h4H,1-3H2,(H,13,14);1-5,8H. The molecule has 0 spiro atoms. The first kappa shape index (κ1) is 20.6. The number of hydrogen-bond donors (Lipinski definition) is 1. The number of anilines is 1. The molecule has 0 unspecified atom stereocenters. The lowest BCUT2D eigenvalue weighted by molar-refractivity contribution is -0.157. The van der Waals surface area contributed by atoms with Crippen molar-refractivity contribution in [3.63, 3.8) is 0 Å². The van der Waals surface area contributed by atoms with Crippen molar-refractivity contribution in [3.8, 4) is 5.75 Å². The van der Waals surface area contributed by atoms with Gasteiger partial charge in [-0.3, -0.25) is 0 Å². The number of imidazole rings is 1. The predicted octanol–water partition coefficient (Wildman–Crippen LogP) is 3.31. The van der Waals surface area contributed by atoms with Crippen LogP contribution in [0.3, 0.4) is 0 Å². The summed E-state index contributed by atoms with van der Waals surface area (Å²) in [6.45, 7) is -1.92. The average Bonchev–Trinajstić information content (AvgIpc) is 3.46. The van der Waals surface area contributed by atoms with Gasteiger partial charge in [0.15, 0.2) is 5.75 Å². The van der Waals surface area contributed by atoms with Gasteiger partial charge in [-0.25, -0.2) is 9.50 Å². The molecule has 0 atom stereocenters. The van der Waals surface area contributed by atoms with Gasteiger partial charge in [-0.05, 0) is 18.2 Å². The van der Waals surface area contributed by atoms with Gasteiger partial charge in [0.1, 0.15) is 5.52 Å². The van der Waals surface area contributed by atoms with Crippen molar-refractivity contribution < 1.29 is 31.1 Å². The van der Waals surface area contributed by atoms with Crippen molar-refractivity contribution in [1.82, 2.24) is 29.8 Å². The van der Waals surface area contributed by atoms with Crippen molar-refractivity contribution in [1.29, 1.82) is 0 Å². The van der Waals surface area contributed by atoms with Crippen molar-refractivity contribution in [2.45, 2.75) is 25.8 Å². The van der Waals surface area contributed by atoms with E-state index in [0.29, 0.717) is 25.0 Å². The highest BCUT2D eigenvalue weighted by atomic mass is 19.4. The molecule has 1 aliphatic rings. The number of hydrogen-bond acceptors (Lipinski definition) is 7. The zero-order valence-electron chi connectivity index (χ0n) is 15.6. The van der Waals surface area contributed by atoms with Gasteiger partial charge in [-0.1, -0.05) is 5.10 Å². The van der Waals surface area contributed by atoms with Crippen LogP contribution >= 0.6 is 0 Å². The summed E-state index contributed by atoms with van der Waals surface area (Å²) in [6, 6.07) is 4.56. The first-order valence-electron chi connectivity index (χ1n) is 8.85. The van der Waals surface area contributed by atoms with Crippen molar-refractivity contribution >= 4 is 11.5 Å². The van der Waals surface area contributed by atoms with Crippen LogP contribution in [0.4, 0.5) is 28.0 Å². The number of nitrogens with zero attached hydrogens (tertiary/aromatic N) is 6. The Hall–Kier alpha value is -3.71. The first-order valence-corrected chi connectivity index (χ1v) is 8.85. The van der Waals surface area contributed by atoms with Gasteiger partial charge in [0.25, 0.3) is 0 Å². The van der Waals surface area contributed by atoms with Gasteiger partial charge in [-0.2, -0.15) is 27.1 Å². The van der Waals surface area contributed by atoms with E-state index in [2.05, 4.69) is 34.4 Å². The summed E-state index contributed by atoms with van der Waals surface area (Å²) < 4.78 is 71.2. The molecule has 9 nitrogen and oxygen atoms in total. The molecule has 164 valence electrons. The summed E-state index contributed by atoms with van der Waals surface area (Å²) >= 11 is 0. The molecule has 31 heavy (non-hydrogen) atoms. The number of H-pyrrole nitrogens is 1. The molecule has 0 bridgehead atoms. The zero-order valence-corrected chi connectivity index (χ0v) is 15.6. The van der Waals surface area contributed by atoms with Crippen LogP contribution in [0.2, 0.25) is 0 Å². The molecule has 0 aromatic carbocycles. The fraction of sp³-hybridized carbons (Fsp3) is 0.294. The van der Waals surface area contributed by atoms with Crippen LogP contribution in [-0.2, 0) is 19.1 Å². The van der Waals surface area contributed by atoms with Crippen LogP contribution in [0, 0.1) is 0 Å². The van der Waals surface area contributed by atoms with Gasteiger partial charge >= 0.3 is 24.7 Å². The molecule has 0 saturated heterocycles. The molecule has 0 fully saturated rings. The summed E-state index contributed by atoms with van der Waals surface area (Å²) in [7, 11) is 0. The second kappa shape index (κ2) is 8.20. The fourth-order valence-corrected chi connectivity index (χ4v) is 2.95. The van der Waals surface area contributed by atoms with Crippen LogP contribution in [-0.4, -0.2) is 42.9 Å². The van der Waals surface area contributed by atoms with Crippen molar-refractivity contribution in [2.75, 3.05) is 11.4 Å². The van der Waals surface area contributed by atoms with Crippen LogP contribution in [0.25, 0.3) is 5.52 Å². The highest BCUT2D eigenvalue weighted by molar-refractivity contribution is 5.58.